The van der Waals surface area contributed by atoms with Gasteiger partial charge < -0.3 is 19.8 Å². The van der Waals surface area contributed by atoms with E-state index in [9.17, 15) is 15.1 Å². The maximum Gasteiger partial charge on any atom is 0.413 e. The third-order valence-corrected chi connectivity index (χ3v) is 3.01. The third-order valence-electron chi connectivity index (χ3n) is 3.01. The molecule has 0 bridgehead atoms. The quantitative estimate of drug-likeness (QED) is 0.648. The van der Waals surface area contributed by atoms with Gasteiger partial charge >= 0.3 is 6.09 Å². The van der Waals surface area contributed by atoms with Gasteiger partial charge in [0.1, 0.15) is 5.60 Å². The van der Waals surface area contributed by atoms with Gasteiger partial charge in [0.15, 0.2) is 6.20 Å². The van der Waals surface area contributed by atoms with E-state index in [1.54, 1.807) is 39.0 Å². The predicted octanol–water partition coefficient (Wildman–Crippen LogP) is 0.947. The Balaban J connectivity index is 2.29. The Morgan fingerprint density at radius 3 is 2.86 bits per heavy atom. The van der Waals surface area contributed by atoms with Crippen molar-refractivity contribution in [2.24, 2.45) is 0 Å². The lowest BCUT2D eigenvalue weighted by atomic mass is 10.2. The van der Waals surface area contributed by atoms with E-state index in [-0.39, 0.29) is 18.9 Å². The molecule has 0 radical (unpaired) electrons. The summed E-state index contributed by atoms with van der Waals surface area (Å²) in [6, 6.07) is 4.32. The van der Waals surface area contributed by atoms with Crippen molar-refractivity contribution in [3.8, 4) is 0 Å². The van der Waals surface area contributed by atoms with Crippen LogP contribution in [-0.2, 0) is 9.47 Å². The first-order valence-electron chi connectivity index (χ1n) is 6.75. The number of rotatable bonds is 2. The molecule has 0 aromatic carbocycles. The van der Waals surface area contributed by atoms with E-state index in [1.165, 1.54) is 11.1 Å². The standard InChI is InChI=1S/C14H20N2O5/c1-14(2,3)21-13(18)16-10(8-17)9-20-12(16)11-6-4-5-7-15(11)19/h4-7,10,12,17H,8-9H2,1-3H3. The van der Waals surface area contributed by atoms with Gasteiger partial charge in [-0.05, 0) is 26.8 Å². The fraction of sp³-hybridized carbons (Fsp3) is 0.571. The first-order chi connectivity index (χ1) is 9.83. The summed E-state index contributed by atoms with van der Waals surface area (Å²) >= 11 is 0. The molecule has 2 atom stereocenters. The Morgan fingerprint density at radius 1 is 1.57 bits per heavy atom. The summed E-state index contributed by atoms with van der Waals surface area (Å²) in [5.74, 6) is 0. The molecule has 0 spiro atoms. The lowest BCUT2D eigenvalue weighted by Gasteiger charge is -2.29. The van der Waals surface area contributed by atoms with Crippen molar-refractivity contribution < 1.29 is 24.1 Å². The summed E-state index contributed by atoms with van der Waals surface area (Å²) in [5.41, 5.74) is -0.395. The molecule has 2 unspecified atom stereocenters. The van der Waals surface area contributed by atoms with Crippen molar-refractivity contribution in [2.45, 2.75) is 38.6 Å². The summed E-state index contributed by atoms with van der Waals surface area (Å²) in [5, 5.41) is 21.3. The fourth-order valence-electron chi connectivity index (χ4n) is 2.11. The first kappa shape index (κ1) is 15.5. The highest BCUT2D eigenvalue weighted by molar-refractivity contribution is 5.69. The van der Waals surface area contributed by atoms with Crippen LogP contribution in [-0.4, -0.2) is 41.0 Å². The molecule has 7 nitrogen and oxygen atoms in total. The second-order valence-corrected chi connectivity index (χ2v) is 5.86. The lowest BCUT2D eigenvalue weighted by molar-refractivity contribution is -0.620. The van der Waals surface area contributed by atoms with Gasteiger partial charge in [0.05, 0.1) is 19.3 Å². The van der Waals surface area contributed by atoms with Crippen molar-refractivity contribution in [3.05, 3.63) is 35.3 Å². The highest BCUT2D eigenvalue weighted by Gasteiger charge is 2.44. The van der Waals surface area contributed by atoms with Crippen LogP contribution >= 0.6 is 0 Å². The van der Waals surface area contributed by atoms with E-state index in [4.69, 9.17) is 9.47 Å². The highest BCUT2D eigenvalue weighted by atomic mass is 16.6. The smallest absolute Gasteiger partial charge is 0.413 e. The summed E-state index contributed by atoms with van der Waals surface area (Å²) in [7, 11) is 0. The van der Waals surface area contributed by atoms with Crippen molar-refractivity contribution in [2.75, 3.05) is 13.2 Å². The molecule has 1 aromatic heterocycles. The number of pyridine rings is 1. The molecule has 0 saturated carbocycles. The topological polar surface area (TPSA) is 85.9 Å². The van der Waals surface area contributed by atoms with Crippen LogP contribution in [0.15, 0.2) is 24.4 Å². The molecule has 2 heterocycles. The fourth-order valence-corrected chi connectivity index (χ4v) is 2.11. The van der Waals surface area contributed by atoms with Gasteiger partial charge in [-0.1, -0.05) is 0 Å². The summed E-state index contributed by atoms with van der Waals surface area (Å²) in [4.78, 5) is 13.6. The molecule has 1 aliphatic heterocycles. The number of hydrogen-bond acceptors (Lipinski definition) is 5. The van der Waals surface area contributed by atoms with Gasteiger partial charge in [-0.3, -0.25) is 4.90 Å². The maximum atomic E-state index is 12.3. The largest absolute Gasteiger partial charge is 0.618 e. The van der Waals surface area contributed by atoms with Gasteiger partial charge in [-0.2, -0.15) is 4.73 Å². The Morgan fingerprint density at radius 2 is 2.29 bits per heavy atom. The van der Waals surface area contributed by atoms with Crippen LogP contribution < -0.4 is 4.73 Å². The second kappa shape index (κ2) is 5.87. The van der Waals surface area contributed by atoms with E-state index in [0.717, 1.165) is 0 Å². The Bertz CT molecular complexity index is 514. The minimum absolute atomic E-state index is 0.148. The summed E-state index contributed by atoms with van der Waals surface area (Å²) in [6.45, 7) is 5.14. The van der Waals surface area contributed by atoms with Crippen LogP contribution in [0.5, 0.6) is 0 Å². The molecule has 0 aliphatic carbocycles. The van der Waals surface area contributed by atoms with Crippen LogP contribution in [0.1, 0.15) is 32.7 Å². The zero-order chi connectivity index (χ0) is 15.6. The second-order valence-electron chi connectivity index (χ2n) is 5.86. The molecule has 1 saturated heterocycles. The van der Waals surface area contributed by atoms with Crippen LogP contribution in [0, 0.1) is 5.21 Å². The molecule has 7 heteroatoms. The van der Waals surface area contributed by atoms with Crippen molar-refractivity contribution >= 4 is 6.09 Å². The SMILES string of the molecule is CC(C)(C)OC(=O)N1C(CO)COC1c1cccc[n+]1[O-]. The molecular weight excluding hydrogens is 276 g/mol. The molecule has 1 N–H and O–H groups in total. The molecular formula is C14H20N2O5. The Kier molecular flexibility index (Phi) is 4.34. The molecule has 1 fully saturated rings. The molecule has 1 aliphatic rings. The zero-order valence-electron chi connectivity index (χ0n) is 12.4. The minimum Gasteiger partial charge on any atom is -0.618 e. The zero-order valence-corrected chi connectivity index (χ0v) is 12.4. The van der Waals surface area contributed by atoms with Crippen LogP contribution in [0.2, 0.25) is 0 Å². The van der Waals surface area contributed by atoms with E-state index in [0.29, 0.717) is 4.73 Å². The highest BCUT2D eigenvalue weighted by Crippen LogP contribution is 2.30. The summed E-state index contributed by atoms with van der Waals surface area (Å²) in [6.07, 6.45) is -0.151. The summed E-state index contributed by atoms with van der Waals surface area (Å²) < 4.78 is 11.5. The van der Waals surface area contributed by atoms with Gasteiger partial charge in [0, 0.05) is 12.1 Å². The minimum atomic E-state index is -0.865. The number of ether oxygens (including phenoxy) is 2. The normalized spacial score (nSPS) is 22.4. The van der Waals surface area contributed by atoms with Gasteiger partial charge in [0.2, 0.25) is 11.9 Å². The maximum absolute atomic E-state index is 12.3. The average molecular weight is 296 g/mol. The Hall–Kier alpha value is -1.86. The number of hydrogen-bond donors (Lipinski definition) is 1. The lowest BCUT2D eigenvalue weighted by Crippen LogP contribution is -2.46. The average Bonchev–Trinajstić information content (AvgIpc) is 2.81. The third kappa shape index (κ3) is 3.43. The number of aromatic nitrogens is 1. The van der Waals surface area contributed by atoms with Gasteiger partial charge in [-0.15, -0.1) is 0 Å². The van der Waals surface area contributed by atoms with Crippen molar-refractivity contribution in [1.29, 1.82) is 0 Å². The molecule has 116 valence electrons. The number of amides is 1. The van der Waals surface area contributed by atoms with Gasteiger partial charge in [-0.25, -0.2) is 4.79 Å². The number of aliphatic hydroxyl groups is 1. The van der Waals surface area contributed by atoms with Crippen LogP contribution in [0.25, 0.3) is 0 Å². The predicted molar refractivity (Wildman–Crippen MR) is 73.0 cm³/mol. The first-order valence-corrected chi connectivity index (χ1v) is 6.75. The van der Waals surface area contributed by atoms with Crippen LogP contribution in [0.4, 0.5) is 4.79 Å². The van der Waals surface area contributed by atoms with E-state index >= 15 is 0 Å². The molecule has 21 heavy (non-hydrogen) atoms. The number of carbonyl (C=O) groups excluding carboxylic acids is 1. The number of nitrogens with zero attached hydrogens (tertiary/aromatic N) is 2. The van der Waals surface area contributed by atoms with Crippen molar-refractivity contribution in [1.82, 2.24) is 4.90 Å². The Labute approximate surface area is 123 Å². The van der Waals surface area contributed by atoms with Crippen LogP contribution in [0.3, 0.4) is 0 Å². The van der Waals surface area contributed by atoms with Gasteiger partial charge in [0.25, 0.3) is 0 Å². The molecule has 2 rings (SSSR count). The van der Waals surface area contributed by atoms with E-state index in [1.807, 2.05) is 0 Å². The van der Waals surface area contributed by atoms with Crippen molar-refractivity contribution in [3.63, 3.8) is 0 Å². The number of aliphatic hydroxyl groups excluding tert-OH is 1. The van der Waals surface area contributed by atoms with E-state index < -0.39 is 24.0 Å². The van der Waals surface area contributed by atoms with E-state index in [2.05, 4.69) is 0 Å². The monoisotopic (exact) mass is 296 g/mol. The number of carbonyl (C=O) groups is 1. The molecule has 1 aromatic rings. The molecule has 1 amide bonds.